The quantitative estimate of drug-likeness (QED) is 0.265. The lowest BCUT2D eigenvalue weighted by Gasteiger charge is -2.28. The zero-order valence-electron chi connectivity index (χ0n) is 21.5. The largest absolute Gasteiger partial charge is 0.390 e. The normalized spacial score (nSPS) is 21.8. The van der Waals surface area contributed by atoms with Crippen molar-refractivity contribution in [1.82, 2.24) is 15.0 Å². The van der Waals surface area contributed by atoms with Crippen molar-refractivity contribution >= 4 is 28.1 Å². The van der Waals surface area contributed by atoms with E-state index in [1.807, 2.05) is 68.4 Å². The number of anilines is 3. The van der Waals surface area contributed by atoms with Gasteiger partial charge in [0.15, 0.2) is 0 Å². The van der Waals surface area contributed by atoms with Crippen molar-refractivity contribution in [1.29, 1.82) is 0 Å². The van der Waals surface area contributed by atoms with Gasteiger partial charge in [-0.2, -0.15) is 0 Å². The molecule has 1 fully saturated rings. The molecule has 37 heavy (non-hydrogen) atoms. The summed E-state index contributed by atoms with van der Waals surface area (Å²) in [6.45, 7) is 7.21. The van der Waals surface area contributed by atoms with Crippen molar-refractivity contribution < 1.29 is 15.3 Å². The smallest absolute Gasteiger partial charge is 0.132 e. The molecule has 4 atom stereocenters. The standard InChI is InChI=1S/C29H33N5O3/c1-16-11-19(12-17(2)31-16)32-26-14-24(34-25-13-21(29(3,4)37)27(35)28(25)36)20(15-30-26)23-10-9-18-7-5-6-8-22(18)33-23/h5-12,14-15,21,25,27-28,35-37H,13H2,1-4H3,(H2,30,31,32,34). The summed E-state index contributed by atoms with van der Waals surface area (Å²) in [6, 6.07) is 17.2. The number of rotatable bonds is 6. The van der Waals surface area contributed by atoms with Gasteiger partial charge >= 0.3 is 0 Å². The number of aromatic nitrogens is 3. The van der Waals surface area contributed by atoms with Crippen LogP contribution in [0.2, 0.25) is 0 Å². The highest BCUT2D eigenvalue weighted by molar-refractivity contribution is 5.85. The molecule has 1 aliphatic rings. The molecular formula is C29H33N5O3. The predicted octanol–water partition coefficient (Wildman–Crippen LogP) is 4.35. The first-order valence-corrected chi connectivity index (χ1v) is 12.5. The monoisotopic (exact) mass is 499 g/mol. The second kappa shape index (κ2) is 9.70. The van der Waals surface area contributed by atoms with E-state index < -0.39 is 29.8 Å². The first kappa shape index (κ1) is 25.1. The third-order valence-electron chi connectivity index (χ3n) is 7.06. The van der Waals surface area contributed by atoms with Gasteiger partial charge in [0, 0.05) is 51.9 Å². The molecule has 5 N–H and O–H groups in total. The van der Waals surface area contributed by atoms with Crippen LogP contribution in [0.3, 0.4) is 0 Å². The van der Waals surface area contributed by atoms with E-state index in [0.717, 1.165) is 44.9 Å². The summed E-state index contributed by atoms with van der Waals surface area (Å²) >= 11 is 0. The number of para-hydroxylation sites is 1. The van der Waals surface area contributed by atoms with Crippen LogP contribution in [0.1, 0.15) is 31.7 Å². The van der Waals surface area contributed by atoms with Gasteiger partial charge in [-0.1, -0.05) is 24.3 Å². The first-order valence-electron chi connectivity index (χ1n) is 12.5. The van der Waals surface area contributed by atoms with Crippen LogP contribution in [0.15, 0.2) is 60.8 Å². The minimum absolute atomic E-state index is 0.407. The molecule has 1 aliphatic carbocycles. The van der Waals surface area contributed by atoms with Gasteiger partial charge in [-0.15, -0.1) is 0 Å². The van der Waals surface area contributed by atoms with Crippen LogP contribution < -0.4 is 10.6 Å². The van der Waals surface area contributed by atoms with Gasteiger partial charge in [0.1, 0.15) is 11.9 Å². The Morgan fingerprint density at radius 1 is 0.919 bits per heavy atom. The van der Waals surface area contributed by atoms with Crippen LogP contribution in [0.5, 0.6) is 0 Å². The molecule has 1 saturated carbocycles. The van der Waals surface area contributed by atoms with E-state index >= 15 is 0 Å². The third kappa shape index (κ3) is 5.27. The van der Waals surface area contributed by atoms with E-state index in [1.54, 1.807) is 20.0 Å². The molecule has 4 aromatic rings. The minimum Gasteiger partial charge on any atom is -0.390 e. The molecule has 0 amide bonds. The first-order chi connectivity index (χ1) is 17.6. The summed E-state index contributed by atoms with van der Waals surface area (Å²) in [4.78, 5) is 13.9. The van der Waals surface area contributed by atoms with Crippen molar-refractivity contribution in [2.75, 3.05) is 10.6 Å². The Morgan fingerprint density at radius 3 is 2.35 bits per heavy atom. The number of aliphatic hydroxyl groups excluding tert-OH is 2. The molecule has 0 radical (unpaired) electrons. The second-order valence-electron chi connectivity index (χ2n) is 10.5. The van der Waals surface area contributed by atoms with Crippen molar-refractivity contribution in [2.45, 2.75) is 58.0 Å². The summed E-state index contributed by atoms with van der Waals surface area (Å²) in [5.74, 6) is 0.147. The van der Waals surface area contributed by atoms with E-state index in [1.165, 1.54) is 0 Å². The fourth-order valence-corrected chi connectivity index (χ4v) is 5.20. The topological polar surface area (TPSA) is 123 Å². The predicted molar refractivity (Wildman–Crippen MR) is 146 cm³/mol. The maximum Gasteiger partial charge on any atom is 0.132 e. The van der Waals surface area contributed by atoms with Gasteiger partial charge in [-0.3, -0.25) is 4.98 Å². The van der Waals surface area contributed by atoms with Gasteiger partial charge in [0.25, 0.3) is 0 Å². The van der Waals surface area contributed by atoms with E-state index in [-0.39, 0.29) is 0 Å². The molecule has 1 aromatic carbocycles. The lowest BCUT2D eigenvalue weighted by atomic mass is 9.88. The Morgan fingerprint density at radius 2 is 1.65 bits per heavy atom. The molecule has 192 valence electrons. The van der Waals surface area contributed by atoms with E-state index in [2.05, 4.69) is 20.6 Å². The van der Waals surface area contributed by atoms with Crippen LogP contribution in [0.4, 0.5) is 17.2 Å². The van der Waals surface area contributed by atoms with Crippen molar-refractivity contribution in [2.24, 2.45) is 5.92 Å². The molecule has 0 bridgehead atoms. The van der Waals surface area contributed by atoms with E-state index in [4.69, 9.17) is 4.98 Å². The SMILES string of the molecule is Cc1cc(Nc2cc(NC3CC(C(C)(C)O)C(O)C3O)c(-c3ccc4ccccc4n3)cn2)cc(C)n1. The Hall–Kier alpha value is -3.59. The van der Waals surface area contributed by atoms with E-state index in [0.29, 0.717) is 12.2 Å². The average Bonchev–Trinajstić information content (AvgIpc) is 3.12. The molecule has 4 unspecified atom stereocenters. The zero-order valence-corrected chi connectivity index (χ0v) is 21.5. The number of fused-ring (bicyclic) bond motifs is 1. The van der Waals surface area contributed by atoms with Crippen molar-refractivity contribution in [3.05, 3.63) is 72.2 Å². The van der Waals surface area contributed by atoms with Crippen LogP contribution in [-0.2, 0) is 0 Å². The molecule has 0 aliphatic heterocycles. The van der Waals surface area contributed by atoms with Crippen LogP contribution in [-0.4, -0.2) is 54.1 Å². The Balaban J connectivity index is 1.53. The lowest BCUT2D eigenvalue weighted by molar-refractivity contribution is -0.0601. The maximum atomic E-state index is 10.8. The molecule has 3 heterocycles. The van der Waals surface area contributed by atoms with Gasteiger partial charge in [-0.05, 0) is 58.4 Å². The number of hydrogen-bond donors (Lipinski definition) is 5. The van der Waals surface area contributed by atoms with Gasteiger partial charge in [-0.25, -0.2) is 9.97 Å². The van der Waals surface area contributed by atoms with Crippen LogP contribution >= 0.6 is 0 Å². The molecule has 3 aromatic heterocycles. The fourth-order valence-electron chi connectivity index (χ4n) is 5.20. The number of aliphatic hydroxyl groups is 3. The number of pyridine rings is 3. The van der Waals surface area contributed by atoms with Crippen molar-refractivity contribution in [3.63, 3.8) is 0 Å². The van der Waals surface area contributed by atoms with Gasteiger partial charge < -0.3 is 26.0 Å². The van der Waals surface area contributed by atoms with Crippen LogP contribution in [0, 0.1) is 19.8 Å². The Labute approximate surface area is 216 Å². The number of hydrogen-bond acceptors (Lipinski definition) is 8. The summed E-state index contributed by atoms with van der Waals surface area (Å²) in [7, 11) is 0. The fraction of sp³-hybridized carbons (Fsp3) is 0.345. The number of nitrogens with one attached hydrogen (secondary N) is 2. The lowest BCUT2D eigenvalue weighted by Crippen LogP contribution is -2.40. The maximum absolute atomic E-state index is 10.8. The number of nitrogens with zero attached hydrogens (tertiary/aromatic N) is 3. The molecule has 5 rings (SSSR count). The highest BCUT2D eigenvalue weighted by atomic mass is 16.3. The summed E-state index contributed by atoms with van der Waals surface area (Å²) in [5.41, 5.74) is 4.65. The summed E-state index contributed by atoms with van der Waals surface area (Å²) in [5, 5.41) is 39.9. The number of benzene rings is 1. The highest BCUT2D eigenvalue weighted by Gasteiger charge is 2.47. The third-order valence-corrected chi connectivity index (χ3v) is 7.06. The molecule has 8 heteroatoms. The molecule has 0 spiro atoms. The summed E-state index contributed by atoms with van der Waals surface area (Å²) < 4.78 is 0. The number of aryl methyl sites for hydroxylation is 2. The molecular weight excluding hydrogens is 466 g/mol. The van der Waals surface area contributed by atoms with Gasteiger partial charge in [0.05, 0.1) is 29.0 Å². The van der Waals surface area contributed by atoms with Gasteiger partial charge in [0.2, 0.25) is 0 Å². The minimum atomic E-state index is -1.12. The molecule has 8 nitrogen and oxygen atoms in total. The van der Waals surface area contributed by atoms with Crippen LogP contribution in [0.25, 0.3) is 22.2 Å². The second-order valence-corrected chi connectivity index (χ2v) is 10.5. The zero-order chi connectivity index (χ0) is 26.3. The van der Waals surface area contributed by atoms with E-state index in [9.17, 15) is 15.3 Å². The molecule has 0 saturated heterocycles. The summed E-state index contributed by atoms with van der Waals surface area (Å²) in [6.07, 6.45) is 0.0869. The Bertz CT molecular complexity index is 1410. The highest BCUT2D eigenvalue weighted by Crippen LogP contribution is 2.38. The average molecular weight is 500 g/mol. The Kier molecular flexibility index (Phi) is 6.58. The van der Waals surface area contributed by atoms with Crippen molar-refractivity contribution in [3.8, 4) is 11.3 Å².